The van der Waals surface area contributed by atoms with E-state index in [1.165, 1.54) is 0 Å². The van der Waals surface area contributed by atoms with Crippen LogP contribution in [0, 0.1) is 6.92 Å². The summed E-state index contributed by atoms with van der Waals surface area (Å²) in [5.41, 5.74) is 1.33. The molecule has 2 atom stereocenters. The fourth-order valence-corrected chi connectivity index (χ4v) is 3.01. The normalized spacial score (nSPS) is 21.8. The molecule has 1 aliphatic rings. The summed E-state index contributed by atoms with van der Waals surface area (Å²) in [5.74, 6) is 1.88. The van der Waals surface area contributed by atoms with Crippen molar-refractivity contribution in [2.75, 3.05) is 20.1 Å². The summed E-state index contributed by atoms with van der Waals surface area (Å²) in [4.78, 5) is 6.67. The van der Waals surface area contributed by atoms with E-state index in [1.54, 1.807) is 10.9 Å². The molecule has 9 heteroatoms. The van der Waals surface area contributed by atoms with Gasteiger partial charge in [-0.15, -0.1) is 10.2 Å². The van der Waals surface area contributed by atoms with Crippen molar-refractivity contribution < 1.29 is 13.6 Å². The van der Waals surface area contributed by atoms with Crippen molar-refractivity contribution in [1.82, 2.24) is 29.9 Å². The molecule has 0 amide bonds. The highest BCUT2D eigenvalue weighted by Crippen LogP contribution is 2.30. The molecule has 0 radical (unpaired) electrons. The molecule has 1 aliphatic heterocycles. The third-order valence-electron chi connectivity index (χ3n) is 4.11. The number of likely N-dealkylation sites (N-methyl/N-ethyl adjacent to an activating group) is 1. The summed E-state index contributed by atoms with van der Waals surface area (Å²) in [7, 11) is 3.89. The van der Waals surface area contributed by atoms with Gasteiger partial charge in [0.15, 0.2) is 5.69 Å². The Labute approximate surface area is 144 Å². The maximum atomic E-state index is 5.91. The molecule has 0 spiro atoms. The summed E-state index contributed by atoms with van der Waals surface area (Å²) in [5, 5.41) is 12.4. The van der Waals surface area contributed by atoms with Crippen LogP contribution in [-0.2, 0) is 11.8 Å². The van der Waals surface area contributed by atoms with Gasteiger partial charge < -0.3 is 18.5 Å². The highest BCUT2D eigenvalue weighted by Gasteiger charge is 2.29. The Morgan fingerprint density at radius 3 is 2.68 bits per heavy atom. The van der Waals surface area contributed by atoms with Crippen LogP contribution in [0.1, 0.15) is 24.7 Å². The average molecular weight is 344 g/mol. The Morgan fingerprint density at radius 1 is 1.12 bits per heavy atom. The monoisotopic (exact) mass is 344 g/mol. The first-order valence-corrected chi connectivity index (χ1v) is 8.14. The molecule has 4 heterocycles. The summed E-state index contributed by atoms with van der Waals surface area (Å²) in [6.07, 6.45) is 3.41. The van der Waals surface area contributed by atoms with E-state index < -0.39 is 0 Å². The zero-order valence-electron chi connectivity index (χ0n) is 14.6. The zero-order valence-corrected chi connectivity index (χ0v) is 14.6. The van der Waals surface area contributed by atoms with Crippen LogP contribution >= 0.6 is 0 Å². The summed E-state index contributed by atoms with van der Waals surface area (Å²) >= 11 is 0. The molecule has 25 heavy (non-hydrogen) atoms. The predicted octanol–water partition coefficient (Wildman–Crippen LogP) is 1.83. The van der Waals surface area contributed by atoms with Gasteiger partial charge in [0.2, 0.25) is 11.8 Å². The first-order valence-electron chi connectivity index (χ1n) is 8.14. The minimum atomic E-state index is -0.236. The van der Waals surface area contributed by atoms with E-state index in [4.69, 9.17) is 13.6 Å². The highest BCUT2D eigenvalue weighted by atomic mass is 16.5. The molecule has 3 aromatic rings. The van der Waals surface area contributed by atoms with Crippen LogP contribution < -0.4 is 0 Å². The summed E-state index contributed by atoms with van der Waals surface area (Å²) < 4.78 is 19.1. The minimum absolute atomic E-state index is 0.116. The van der Waals surface area contributed by atoms with Gasteiger partial charge in [0.25, 0.3) is 5.89 Å². The second-order valence-corrected chi connectivity index (χ2v) is 6.43. The van der Waals surface area contributed by atoms with Gasteiger partial charge in [-0.05, 0) is 20.9 Å². The van der Waals surface area contributed by atoms with Gasteiger partial charge in [0.05, 0.1) is 17.9 Å². The first-order chi connectivity index (χ1) is 12.0. The quantitative estimate of drug-likeness (QED) is 0.710. The second-order valence-electron chi connectivity index (χ2n) is 6.43. The van der Waals surface area contributed by atoms with Crippen LogP contribution in [0.2, 0.25) is 0 Å². The van der Waals surface area contributed by atoms with Crippen molar-refractivity contribution in [1.29, 1.82) is 0 Å². The Kier molecular flexibility index (Phi) is 3.89. The number of aromatic nitrogens is 5. The van der Waals surface area contributed by atoms with Gasteiger partial charge in [-0.1, -0.05) is 0 Å². The molecule has 1 fully saturated rings. The van der Waals surface area contributed by atoms with E-state index in [-0.39, 0.29) is 12.2 Å². The molecule has 0 unspecified atom stereocenters. The van der Waals surface area contributed by atoms with Gasteiger partial charge in [0, 0.05) is 26.3 Å². The van der Waals surface area contributed by atoms with Crippen LogP contribution in [0.4, 0.5) is 0 Å². The number of ether oxygens (including phenoxy) is 1. The third kappa shape index (κ3) is 3.08. The van der Waals surface area contributed by atoms with Crippen molar-refractivity contribution in [3.63, 3.8) is 0 Å². The highest BCUT2D eigenvalue weighted by molar-refractivity contribution is 5.58. The standard InChI is InChI=1S/C16H20N6O3/c1-9-6-21(3)8-12(23-9)15-19-20-16(25-15)13-10(2)24-14(18-13)11-5-17-22(4)7-11/h5,7,9,12H,6,8H2,1-4H3/t9-,12-/m1/s1. The Hall–Kier alpha value is -2.52. The van der Waals surface area contributed by atoms with Crippen molar-refractivity contribution >= 4 is 0 Å². The summed E-state index contributed by atoms with van der Waals surface area (Å²) in [6, 6.07) is 0. The SMILES string of the molecule is Cc1oc(-c2cnn(C)c2)nc1-c1nnc([C@H]2CN(C)C[C@@H](C)O2)o1. The molecular formula is C16H20N6O3. The summed E-state index contributed by atoms with van der Waals surface area (Å²) in [6.45, 7) is 5.44. The molecule has 0 N–H and O–H groups in total. The van der Waals surface area contributed by atoms with Gasteiger partial charge >= 0.3 is 0 Å². The maximum Gasteiger partial charge on any atom is 0.270 e. The number of hydrogen-bond acceptors (Lipinski definition) is 8. The van der Waals surface area contributed by atoms with E-state index in [9.17, 15) is 0 Å². The van der Waals surface area contributed by atoms with E-state index in [0.29, 0.717) is 35.7 Å². The molecule has 1 saturated heterocycles. The minimum Gasteiger partial charge on any atom is -0.440 e. The average Bonchev–Trinajstić information content (AvgIpc) is 3.25. The van der Waals surface area contributed by atoms with Crippen LogP contribution in [0.3, 0.4) is 0 Å². The van der Waals surface area contributed by atoms with E-state index in [1.807, 2.05) is 34.1 Å². The number of oxazole rings is 1. The third-order valence-corrected chi connectivity index (χ3v) is 4.11. The maximum absolute atomic E-state index is 5.91. The number of nitrogens with zero attached hydrogens (tertiary/aromatic N) is 6. The Bertz CT molecular complexity index is 872. The fourth-order valence-electron chi connectivity index (χ4n) is 3.01. The molecule has 0 aliphatic carbocycles. The van der Waals surface area contributed by atoms with Crippen LogP contribution in [0.25, 0.3) is 23.0 Å². The number of hydrogen-bond donors (Lipinski definition) is 0. The lowest BCUT2D eigenvalue weighted by Gasteiger charge is -2.32. The Balaban J connectivity index is 1.61. The number of morpholine rings is 1. The molecule has 3 aromatic heterocycles. The van der Waals surface area contributed by atoms with Crippen molar-refractivity contribution in [2.45, 2.75) is 26.1 Å². The van der Waals surface area contributed by atoms with E-state index >= 15 is 0 Å². The van der Waals surface area contributed by atoms with Crippen LogP contribution in [0.5, 0.6) is 0 Å². The van der Waals surface area contributed by atoms with Gasteiger partial charge in [-0.25, -0.2) is 4.98 Å². The molecule has 0 saturated carbocycles. The first kappa shape index (κ1) is 16.0. The van der Waals surface area contributed by atoms with Crippen molar-refractivity contribution in [3.8, 4) is 23.0 Å². The zero-order chi connectivity index (χ0) is 17.6. The van der Waals surface area contributed by atoms with E-state index in [0.717, 1.165) is 12.1 Å². The predicted molar refractivity (Wildman–Crippen MR) is 87.5 cm³/mol. The molecule has 0 bridgehead atoms. The number of aryl methyl sites for hydroxylation is 2. The van der Waals surface area contributed by atoms with Gasteiger partial charge in [-0.2, -0.15) is 5.10 Å². The van der Waals surface area contributed by atoms with E-state index in [2.05, 4.69) is 25.2 Å². The Morgan fingerprint density at radius 2 is 1.96 bits per heavy atom. The largest absolute Gasteiger partial charge is 0.440 e. The van der Waals surface area contributed by atoms with Crippen LogP contribution in [-0.4, -0.2) is 56.1 Å². The molecular weight excluding hydrogens is 324 g/mol. The fraction of sp³-hybridized carbons (Fsp3) is 0.500. The lowest BCUT2D eigenvalue weighted by atomic mass is 10.2. The topological polar surface area (TPSA) is 95.2 Å². The van der Waals surface area contributed by atoms with Crippen LogP contribution in [0.15, 0.2) is 21.2 Å². The lowest BCUT2D eigenvalue weighted by molar-refractivity contribution is -0.0821. The second kappa shape index (κ2) is 6.08. The van der Waals surface area contributed by atoms with Crippen molar-refractivity contribution in [2.24, 2.45) is 7.05 Å². The smallest absolute Gasteiger partial charge is 0.270 e. The molecule has 132 valence electrons. The van der Waals surface area contributed by atoms with Crippen molar-refractivity contribution in [3.05, 3.63) is 24.0 Å². The number of rotatable bonds is 3. The van der Waals surface area contributed by atoms with Gasteiger partial charge in [0.1, 0.15) is 11.9 Å². The molecule has 4 rings (SSSR count). The lowest BCUT2D eigenvalue weighted by Crippen LogP contribution is -2.40. The van der Waals surface area contributed by atoms with Gasteiger partial charge in [-0.3, -0.25) is 4.68 Å². The molecule has 9 nitrogen and oxygen atoms in total. The molecule has 0 aromatic carbocycles.